The molecule has 92 valence electrons. The van der Waals surface area contributed by atoms with Crippen molar-refractivity contribution in [3.05, 3.63) is 39.8 Å². The minimum atomic E-state index is 0.562. The van der Waals surface area contributed by atoms with Gasteiger partial charge in [0, 0.05) is 4.88 Å². The van der Waals surface area contributed by atoms with E-state index >= 15 is 0 Å². The van der Waals surface area contributed by atoms with Gasteiger partial charge in [0.05, 0.1) is 28.8 Å². The van der Waals surface area contributed by atoms with Crippen molar-refractivity contribution in [3.63, 3.8) is 0 Å². The molecule has 0 aliphatic heterocycles. The Morgan fingerprint density at radius 1 is 1.33 bits per heavy atom. The molecule has 18 heavy (non-hydrogen) atoms. The molecule has 1 aromatic carbocycles. The fourth-order valence-electron chi connectivity index (χ4n) is 2.16. The Morgan fingerprint density at radius 2 is 2.17 bits per heavy atom. The van der Waals surface area contributed by atoms with Crippen LogP contribution in [0.4, 0.5) is 5.95 Å². The van der Waals surface area contributed by atoms with Crippen molar-refractivity contribution in [2.45, 2.75) is 20.4 Å². The van der Waals surface area contributed by atoms with Gasteiger partial charge in [-0.1, -0.05) is 12.1 Å². The zero-order valence-corrected chi connectivity index (χ0v) is 11.2. The highest BCUT2D eigenvalue weighted by atomic mass is 32.1. The second-order valence-electron chi connectivity index (χ2n) is 4.36. The van der Waals surface area contributed by atoms with Crippen LogP contribution >= 0.6 is 11.3 Å². The number of hydrogen-bond donors (Lipinski definition) is 1. The van der Waals surface area contributed by atoms with Crippen molar-refractivity contribution in [3.8, 4) is 0 Å². The van der Waals surface area contributed by atoms with Gasteiger partial charge in [0.2, 0.25) is 5.95 Å². The second-order valence-corrected chi connectivity index (χ2v) is 5.30. The van der Waals surface area contributed by atoms with Crippen LogP contribution in [0.25, 0.3) is 11.0 Å². The third-order valence-corrected chi connectivity index (χ3v) is 4.06. The number of nitrogens with zero attached hydrogens (tertiary/aromatic N) is 3. The Hall–Kier alpha value is -1.88. The lowest BCUT2D eigenvalue weighted by atomic mass is 10.2. The molecule has 0 spiro atoms. The van der Waals surface area contributed by atoms with Gasteiger partial charge in [-0.05, 0) is 25.5 Å². The van der Waals surface area contributed by atoms with E-state index in [-0.39, 0.29) is 0 Å². The number of hydrogen-bond acceptors (Lipinski definition) is 4. The molecule has 0 saturated heterocycles. The Bertz CT molecular complexity index is 711. The van der Waals surface area contributed by atoms with E-state index in [1.165, 1.54) is 10.4 Å². The number of thiazole rings is 1. The molecule has 0 aliphatic rings. The number of aromatic nitrogens is 3. The van der Waals surface area contributed by atoms with E-state index in [1.54, 1.807) is 11.3 Å². The average molecular weight is 258 g/mol. The maximum absolute atomic E-state index is 6.02. The average Bonchev–Trinajstić information content (AvgIpc) is 2.86. The van der Waals surface area contributed by atoms with Crippen LogP contribution in [0.1, 0.15) is 16.1 Å². The molecule has 2 N–H and O–H groups in total. The summed E-state index contributed by atoms with van der Waals surface area (Å²) in [4.78, 5) is 9.91. The van der Waals surface area contributed by atoms with E-state index in [0.717, 1.165) is 23.3 Å². The molecule has 2 heterocycles. The summed E-state index contributed by atoms with van der Waals surface area (Å²) in [5.74, 6) is 0.562. The van der Waals surface area contributed by atoms with Crippen molar-refractivity contribution in [2.75, 3.05) is 5.73 Å². The summed E-state index contributed by atoms with van der Waals surface area (Å²) >= 11 is 1.66. The van der Waals surface area contributed by atoms with Gasteiger partial charge in [-0.15, -0.1) is 11.3 Å². The lowest BCUT2D eigenvalue weighted by Crippen LogP contribution is -2.05. The zero-order valence-electron chi connectivity index (χ0n) is 10.3. The van der Waals surface area contributed by atoms with Gasteiger partial charge in [-0.25, -0.2) is 9.97 Å². The number of aryl methyl sites for hydroxylation is 2. The van der Waals surface area contributed by atoms with Gasteiger partial charge in [-0.2, -0.15) is 0 Å². The standard InChI is InChI=1S/C13H14N4S/c1-8-4-3-5-10-12(8)17(13(14)16-10)6-11-9(2)15-7-18-11/h3-5,7H,6H2,1-2H3,(H2,14,16). The van der Waals surface area contributed by atoms with Crippen LogP contribution in [0.2, 0.25) is 0 Å². The minimum Gasteiger partial charge on any atom is -0.369 e. The lowest BCUT2D eigenvalue weighted by Gasteiger charge is -2.07. The summed E-state index contributed by atoms with van der Waals surface area (Å²) in [6.07, 6.45) is 0. The first-order valence-electron chi connectivity index (χ1n) is 5.77. The zero-order chi connectivity index (χ0) is 12.7. The van der Waals surface area contributed by atoms with Crippen molar-refractivity contribution in [1.82, 2.24) is 14.5 Å². The fourth-order valence-corrected chi connectivity index (χ4v) is 2.93. The summed E-state index contributed by atoms with van der Waals surface area (Å²) in [5, 5.41) is 0. The molecule has 0 unspecified atom stereocenters. The molecule has 0 radical (unpaired) electrons. The molecule has 0 bridgehead atoms. The van der Waals surface area contributed by atoms with Gasteiger partial charge in [-0.3, -0.25) is 0 Å². The first kappa shape index (κ1) is 11.2. The third kappa shape index (κ3) is 1.67. The smallest absolute Gasteiger partial charge is 0.201 e. The molecule has 2 aromatic heterocycles. The highest BCUT2D eigenvalue weighted by Gasteiger charge is 2.12. The monoisotopic (exact) mass is 258 g/mol. The number of nitrogen functional groups attached to an aromatic ring is 1. The maximum atomic E-state index is 6.02. The molecule has 0 fully saturated rings. The third-order valence-electron chi connectivity index (χ3n) is 3.14. The number of fused-ring (bicyclic) bond motifs is 1. The summed E-state index contributed by atoms with van der Waals surface area (Å²) in [6.45, 7) is 4.84. The summed E-state index contributed by atoms with van der Waals surface area (Å²) in [5.41, 5.74) is 12.2. The van der Waals surface area contributed by atoms with Gasteiger partial charge in [0.1, 0.15) is 0 Å². The van der Waals surface area contributed by atoms with Gasteiger partial charge < -0.3 is 10.3 Å². The number of anilines is 1. The minimum absolute atomic E-state index is 0.562. The second kappa shape index (κ2) is 4.10. The number of rotatable bonds is 2. The molecule has 0 atom stereocenters. The Morgan fingerprint density at radius 3 is 2.89 bits per heavy atom. The van der Waals surface area contributed by atoms with E-state index in [1.807, 2.05) is 24.6 Å². The van der Waals surface area contributed by atoms with Gasteiger partial charge in [0.25, 0.3) is 0 Å². The fraction of sp³-hybridized carbons (Fsp3) is 0.231. The van der Waals surface area contributed by atoms with E-state index in [9.17, 15) is 0 Å². The number of benzene rings is 1. The topological polar surface area (TPSA) is 56.7 Å². The van der Waals surface area contributed by atoms with Crippen molar-refractivity contribution in [1.29, 1.82) is 0 Å². The summed E-state index contributed by atoms with van der Waals surface area (Å²) in [7, 11) is 0. The van der Waals surface area contributed by atoms with Gasteiger partial charge >= 0.3 is 0 Å². The molecule has 4 nitrogen and oxygen atoms in total. The molecule has 0 aliphatic carbocycles. The molecule has 5 heteroatoms. The predicted octanol–water partition coefficient (Wildman–Crippen LogP) is 2.74. The highest BCUT2D eigenvalue weighted by molar-refractivity contribution is 7.09. The van der Waals surface area contributed by atoms with Crippen LogP contribution < -0.4 is 5.73 Å². The lowest BCUT2D eigenvalue weighted by molar-refractivity contribution is 0.841. The van der Waals surface area contributed by atoms with Crippen molar-refractivity contribution < 1.29 is 0 Å². The normalized spacial score (nSPS) is 11.2. The van der Waals surface area contributed by atoms with E-state index in [4.69, 9.17) is 5.73 Å². The number of imidazole rings is 1. The largest absolute Gasteiger partial charge is 0.369 e. The molecule has 3 rings (SSSR count). The Labute approximate surface area is 109 Å². The van der Waals surface area contributed by atoms with Crippen LogP contribution in [-0.4, -0.2) is 14.5 Å². The Kier molecular flexibility index (Phi) is 2.56. The van der Waals surface area contributed by atoms with E-state index < -0.39 is 0 Å². The molecule has 0 amide bonds. The van der Waals surface area contributed by atoms with E-state index in [0.29, 0.717) is 5.95 Å². The first-order chi connectivity index (χ1) is 8.66. The van der Waals surface area contributed by atoms with Gasteiger partial charge in [0.15, 0.2) is 0 Å². The predicted molar refractivity (Wildman–Crippen MR) is 74.8 cm³/mol. The maximum Gasteiger partial charge on any atom is 0.201 e. The molecular formula is C13H14N4S. The SMILES string of the molecule is Cc1ncsc1Cn1c(N)nc2cccc(C)c21. The van der Waals surface area contributed by atoms with Crippen molar-refractivity contribution in [2.24, 2.45) is 0 Å². The Balaban J connectivity index is 2.17. The molecular weight excluding hydrogens is 244 g/mol. The quantitative estimate of drug-likeness (QED) is 0.769. The highest BCUT2D eigenvalue weighted by Crippen LogP contribution is 2.24. The van der Waals surface area contributed by atoms with Crippen molar-refractivity contribution >= 4 is 28.3 Å². The van der Waals surface area contributed by atoms with Crippen LogP contribution in [-0.2, 0) is 6.54 Å². The number of nitrogens with two attached hydrogens (primary N) is 1. The molecule has 3 aromatic rings. The van der Waals surface area contributed by atoms with Crippen LogP contribution in [0.3, 0.4) is 0 Å². The van der Waals surface area contributed by atoms with Crippen LogP contribution in [0.15, 0.2) is 23.7 Å². The van der Waals surface area contributed by atoms with Crippen LogP contribution in [0.5, 0.6) is 0 Å². The van der Waals surface area contributed by atoms with E-state index in [2.05, 4.69) is 27.5 Å². The summed E-state index contributed by atoms with van der Waals surface area (Å²) < 4.78 is 2.06. The number of para-hydroxylation sites is 1. The first-order valence-corrected chi connectivity index (χ1v) is 6.65. The molecule has 0 saturated carbocycles. The summed E-state index contributed by atoms with van der Waals surface area (Å²) in [6, 6.07) is 6.08. The van der Waals surface area contributed by atoms with Crippen LogP contribution in [0, 0.1) is 13.8 Å².